The van der Waals surface area contributed by atoms with Crippen LogP contribution in [0.3, 0.4) is 0 Å². The number of carbonyl (C=O) groups excluding carboxylic acids is 1. The summed E-state index contributed by atoms with van der Waals surface area (Å²) in [6.07, 6.45) is -3.66. The van der Waals surface area contributed by atoms with Gasteiger partial charge in [-0.2, -0.15) is 0 Å². The second kappa shape index (κ2) is 3.94. The number of carbonyl (C=O) groups is 1. The van der Waals surface area contributed by atoms with Gasteiger partial charge in [-0.25, -0.2) is 4.79 Å². The Bertz CT molecular complexity index is 528. The average molecular weight is 240 g/mol. The summed E-state index contributed by atoms with van der Waals surface area (Å²) in [5.74, 6) is 3.71. The molecule has 0 fully saturated rings. The molecule has 0 atom stereocenters. The van der Waals surface area contributed by atoms with Crippen molar-refractivity contribution in [3.05, 3.63) is 23.8 Å². The van der Waals surface area contributed by atoms with E-state index in [1.807, 2.05) is 0 Å². The molecule has 1 aliphatic heterocycles. The minimum Gasteiger partial charge on any atom is -0.459 e. The van der Waals surface area contributed by atoms with Crippen molar-refractivity contribution in [1.29, 1.82) is 0 Å². The van der Waals surface area contributed by atoms with E-state index in [2.05, 4.69) is 26.1 Å². The maximum atomic E-state index is 12.7. The fourth-order valence-corrected chi connectivity index (χ4v) is 1.20. The molecular weight excluding hydrogens is 234 g/mol. The van der Waals surface area contributed by atoms with Gasteiger partial charge >= 0.3 is 12.3 Å². The normalized spacial score (nSPS) is 14.8. The van der Waals surface area contributed by atoms with E-state index in [1.54, 1.807) is 0 Å². The van der Waals surface area contributed by atoms with Crippen LogP contribution < -0.4 is 9.47 Å². The Hall–Kier alpha value is -2.29. The molecule has 0 bridgehead atoms. The summed E-state index contributed by atoms with van der Waals surface area (Å²) in [5.41, 5.74) is 0.343. The van der Waals surface area contributed by atoms with Gasteiger partial charge in [0.15, 0.2) is 11.5 Å². The number of benzene rings is 1. The Morgan fingerprint density at radius 1 is 1.35 bits per heavy atom. The summed E-state index contributed by atoms with van der Waals surface area (Å²) in [7, 11) is 1.19. The van der Waals surface area contributed by atoms with E-state index in [1.165, 1.54) is 25.3 Å². The fraction of sp³-hybridized carbons (Fsp3) is 0.182. The second-order valence-electron chi connectivity index (χ2n) is 3.07. The highest BCUT2D eigenvalue weighted by molar-refractivity contribution is 5.89. The second-order valence-corrected chi connectivity index (χ2v) is 3.07. The number of methoxy groups -OCH3 is 1. The van der Waals surface area contributed by atoms with Gasteiger partial charge in [0.1, 0.15) is 0 Å². The van der Waals surface area contributed by atoms with Gasteiger partial charge in [-0.15, -0.1) is 8.78 Å². The van der Waals surface area contributed by atoms with Crippen LogP contribution in [0.4, 0.5) is 8.78 Å². The number of fused-ring (bicyclic) bond motifs is 1. The number of hydrogen-bond donors (Lipinski definition) is 0. The van der Waals surface area contributed by atoms with Crippen LogP contribution in [0.2, 0.25) is 0 Å². The van der Waals surface area contributed by atoms with Crippen LogP contribution in [0.15, 0.2) is 18.2 Å². The Balaban J connectivity index is 2.24. The Morgan fingerprint density at radius 2 is 2.06 bits per heavy atom. The number of esters is 1. The molecule has 0 aliphatic carbocycles. The summed E-state index contributed by atoms with van der Waals surface area (Å²) in [6.45, 7) is 0. The molecule has 0 spiro atoms. The summed E-state index contributed by atoms with van der Waals surface area (Å²) in [6, 6.07) is 3.98. The van der Waals surface area contributed by atoms with Crippen LogP contribution in [0.1, 0.15) is 5.56 Å². The lowest BCUT2D eigenvalue weighted by molar-refractivity contribution is -0.286. The van der Waals surface area contributed by atoms with Gasteiger partial charge in [-0.3, -0.25) is 0 Å². The van der Waals surface area contributed by atoms with E-state index < -0.39 is 12.3 Å². The van der Waals surface area contributed by atoms with E-state index in [0.29, 0.717) is 5.56 Å². The Kier molecular flexibility index (Phi) is 2.60. The van der Waals surface area contributed by atoms with Crippen molar-refractivity contribution >= 4 is 5.97 Å². The summed E-state index contributed by atoms with van der Waals surface area (Å²) in [5, 5.41) is 0. The molecule has 0 amide bonds. The van der Waals surface area contributed by atoms with Crippen molar-refractivity contribution in [2.75, 3.05) is 7.11 Å². The number of halogens is 2. The molecule has 4 nitrogen and oxygen atoms in total. The maximum Gasteiger partial charge on any atom is 0.586 e. The standard InChI is InChI=1S/C11H6F2O4/c1-15-10(14)5-3-7-2-4-8-9(6-7)17-11(12,13)16-8/h2,4,6H,1H3. The first-order valence-electron chi connectivity index (χ1n) is 4.50. The Morgan fingerprint density at radius 3 is 2.76 bits per heavy atom. The van der Waals surface area contributed by atoms with E-state index >= 15 is 0 Å². The monoisotopic (exact) mass is 240 g/mol. The van der Waals surface area contributed by atoms with Crippen LogP contribution in [-0.4, -0.2) is 19.4 Å². The molecule has 0 N–H and O–H groups in total. The molecule has 17 heavy (non-hydrogen) atoms. The number of ether oxygens (including phenoxy) is 3. The molecule has 1 heterocycles. The third-order valence-electron chi connectivity index (χ3n) is 1.90. The predicted molar refractivity (Wildman–Crippen MR) is 51.5 cm³/mol. The van der Waals surface area contributed by atoms with Crippen LogP contribution >= 0.6 is 0 Å². The average Bonchev–Trinajstić information content (AvgIpc) is 2.58. The zero-order valence-corrected chi connectivity index (χ0v) is 8.62. The molecular formula is C11H6F2O4. The quantitative estimate of drug-likeness (QED) is 0.509. The molecule has 1 aromatic rings. The minimum atomic E-state index is -3.66. The van der Waals surface area contributed by atoms with E-state index in [-0.39, 0.29) is 11.5 Å². The van der Waals surface area contributed by atoms with Gasteiger partial charge in [-0.05, 0) is 12.1 Å². The van der Waals surface area contributed by atoms with Crippen molar-refractivity contribution < 1.29 is 27.8 Å². The lowest BCUT2D eigenvalue weighted by Crippen LogP contribution is -2.25. The number of hydrogen-bond acceptors (Lipinski definition) is 4. The smallest absolute Gasteiger partial charge is 0.459 e. The largest absolute Gasteiger partial charge is 0.586 e. The summed E-state index contributed by atoms with van der Waals surface area (Å²) < 4.78 is 38.1. The lowest BCUT2D eigenvalue weighted by atomic mass is 10.2. The highest BCUT2D eigenvalue weighted by atomic mass is 19.3. The third-order valence-corrected chi connectivity index (χ3v) is 1.90. The molecule has 2 rings (SSSR count). The molecule has 0 aromatic heterocycles. The highest BCUT2D eigenvalue weighted by Crippen LogP contribution is 2.40. The lowest BCUT2D eigenvalue weighted by Gasteiger charge is -2.04. The number of rotatable bonds is 0. The predicted octanol–water partition coefficient (Wildman–Crippen LogP) is 1.53. The van der Waals surface area contributed by atoms with Crippen LogP contribution in [0, 0.1) is 11.8 Å². The van der Waals surface area contributed by atoms with Gasteiger partial charge in [0.2, 0.25) is 0 Å². The topological polar surface area (TPSA) is 44.8 Å². The summed E-state index contributed by atoms with van der Waals surface area (Å²) >= 11 is 0. The third kappa shape index (κ3) is 2.45. The van der Waals surface area contributed by atoms with Crippen LogP contribution in [0.25, 0.3) is 0 Å². The molecule has 0 saturated heterocycles. The van der Waals surface area contributed by atoms with Crippen molar-refractivity contribution in [3.63, 3.8) is 0 Å². The first kappa shape index (κ1) is 11.2. The molecule has 1 aliphatic rings. The van der Waals surface area contributed by atoms with E-state index in [9.17, 15) is 13.6 Å². The molecule has 0 saturated carbocycles. The molecule has 6 heteroatoms. The fourth-order valence-electron chi connectivity index (χ4n) is 1.20. The highest BCUT2D eigenvalue weighted by Gasteiger charge is 2.43. The van der Waals surface area contributed by atoms with Crippen LogP contribution in [-0.2, 0) is 9.53 Å². The van der Waals surface area contributed by atoms with E-state index in [4.69, 9.17) is 0 Å². The first-order chi connectivity index (χ1) is 8.00. The maximum absolute atomic E-state index is 12.7. The molecule has 0 radical (unpaired) electrons. The summed E-state index contributed by atoms with van der Waals surface area (Å²) in [4.78, 5) is 10.8. The van der Waals surface area contributed by atoms with Gasteiger partial charge in [0.05, 0.1) is 7.11 Å². The SMILES string of the molecule is COC(=O)C#Cc1ccc2c(c1)OC(F)(F)O2. The van der Waals surface area contributed by atoms with Crippen molar-refractivity contribution in [3.8, 4) is 23.3 Å². The van der Waals surface area contributed by atoms with Gasteiger partial charge < -0.3 is 14.2 Å². The van der Waals surface area contributed by atoms with Gasteiger partial charge in [0, 0.05) is 17.6 Å². The molecule has 0 unspecified atom stereocenters. The van der Waals surface area contributed by atoms with Gasteiger partial charge in [-0.1, -0.05) is 5.92 Å². The van der Waals surface area contributed by atoms with Crippen molar-refractivity contribution in [2.24, 2.45) is 0 Å². The zero-order valence-electron chi connectivity index (χ0n) is 8.62. The van der Waals surface area contributed by atoms with Crippen molar-refractivity contribution in [1.82, 2.24) is 0 Å². The zero-order chi connectivity index (χ0) is 12.5. The van der Waals surface area contributed by atoms with Crippen LogP contribution in [0.5, 0.6) is 11.5 Å². The molecule has 1 aromatic carbocycles. The number of alkyl halides is 2. The van der Waals surface area contributed by atoms with E-state index in [0.717, 1.165) is 0 Å². The Labute approximate surface area is 95.1 Å². The molecule has 88 valence electrons. The minimum absolute atomic E-state index is 0.0707. The van der Waals surface area contributed by atoms with Crippen molar-refractivity contribution in [2.45, 2.75) is 6.29 Å². The first-order valence-corrected chi connectivity index (χ1v) is 4.50. The van der Waals surface area contributed by atoms with Gasteiger partial charge in [0.25, 0.3) is 0 Å².